The monoisotopic (exact) mass is 220 g/mol. The number of aromatic hydroxyl groups is 1. The van der Waals surface area contributed by atoms with Crippen molar-refractivity contribution in [2.45, 2.75) is 26.3 Å². The zero-order valence-corrected chi connectivity index (χ0v) is 10.0. The number of benzene rings is 1. The van der Waals surface area contributed by atoms with E-state index in [4.69, 9.17) is 0 Å². The number of rotatable bonds is 3. The van der Waals surface area contributed by atoms with Crippen molar-refractivity contribution in [2.75, 3.05) is 25.0 Å². The van der Waals surface area contributed by atoms with Gasteiger partial charge >= 0.3 is 0 Å². The summed E-state index contributed by atoms with van der Waals surface area (Å²) in [5.74, 6) is 0.418. The topological polar surface area (TPSA) is 35.5 Å². The van der Waals surface area contributed by atoms with Crippen molar-refractivity contribution in [1.82, 2.24) is 4.90 Å². The second kappa shape index (κ2) is 4.74. The van der Waals surface area contributed by atoms with E-state index in [9.17, 15) is 5.11 Å². The molecule has 3 nitrogen and oxygen atoms in total. The molecule has 0 aliphatic carbocycles. The molecular weight excluding hydrogens is 200 g/mol. The van der Waals surface area contributed by atoms with E-state index >= 15 is 0 Å². The Bertz CT molecular complexity index is 361. The van der Waals surface area contributed by atoms with Crippen LogP contribution in [0.15, 0.2) is 18.2 Å². The number of phenols is 1. The van der Waals surface area contributed by atoms with Crippen molar-refractivity contribution in [3.05, 3.63) is 23.8 Å². The highest BCUT2D eigenvalue weighted by Crippen LogP contribution is 2.30. The standard InChI is InChI=1S/C13H20N2O/c1-3-15(4-2)10-8-11-12(14-9-10)6-5-7-13(11)16/h5-7,10,14,16H,3-4,8-9H2,1-2H3. The quantitative estimate of drug-likeness (QED) is 0.818. The Hall–Kier alpha value is -1.22. The van der Waals surface area contributed by atoms with E-state index in [1.807, 2.05) is 12.1 Å². The van der Waals surface area contributed by atoms with Gasteiger partial charge < -0.3 is 10.4 Å². The van der Waals surface area contributed by atoms with Gasteiger partial charge in [-0.15, -0.1) is 0 Å². The molecular formula is C13H20N2O. The lowest BCUT2D eigenvalue weighted by Gasteiger charge is -2.34. The molecule has 0 saturated carbocycles. The first-order valence-electron chi connectivity index (χ1n) is 6.05. The lowest BCUT2D eigenvalue weighted by molar-refractivity contribution is 0.220. The van der Waals surface area contributed by atoms with E-state index in [2.05, 4.69) is 24.1 Å². The molecule has 1 atom stereocenters. The number of nitrogens with zero attached hydrogens (tertiary/aromatic N) is 1. The van der Waals surface area contributed by atoms with Crippen LogP contribution in [0.1, 0.15) is 19.4 Å². The van der Waals surface area contributed by atoms with Crippen LogP contribution < -0.4 is 5.32 Å². The van der Waals surface area contributed by atoms with Crippen LogP contribution in [0, 0.1) is 0 Å². The minimum atomic E-state index is 0.418. The molecule has 1 unspecified atom stereocenters. The maximum Gasteiger partial charge on any atom is 0.120 e. The summed E-state index contributed by atoms with van der Waals surface area (Å²) in [7, 11) is 0. The Morgan fingerprint density at radius 3 is 2.81 bits per heavy atom. The number of hydrogen-bond donors (Lipinski definition) is 2. The highest BCUT2D eigenvalue weighted by molar-refractivity contribution is 5.59. The van der Waals surface area contributed by atoms with Gasteiger partial charge in [0.1, 0.15) is 5.75 Å². The van der Waals surface area contributed by atoms with Gasteiger partial charge in [-0.2, -0.15) is 0 Å². The van der Waals surface area contributed by atoms with Crippen molar-refractivity contribution in [1.29, 1.82) is 0 Å². The highest BCUT2D eigenvalue weighted by atomic mass is 16.3. The minimum Gasteiger partial charge on any atom is -0.508 e. The number of nitrogens with one attached hydrogen (secondary N) is 1. The Morgan fingerprint density at radius 2 is 2.12 bits per heavy atom. The van der Waals surface area contributed by atoms with Gasteiger partial charge in [-0.25, -0.2) is 0 Å². The van der Waals surface area contributed by atoms with E-state index in [0.717, 1.165) is 37.3 Å². The third-order valence-electron chi connectivity index (χ3n) is 3.45. The summed E-state index contributed by atoms with van der Waals surface area (Å²) in [4.78, 5) is 2.43. The number of likely N-dealkylation sites (N-methyl/N-ethyl adjacent to an activating group) is 1. The molecule has 1 aromatic rings. The molecule has 1 heterocycles. The van der Waals surface area contributed by atoms with Crippen LogP contribution in [0.25, 0.3) is 0 Å². The Kier molecular flexibility index (Phi) is 3.34. The summed E-state index contributed by atoms with van der Waals surface area (Å²) >= 11 is 0. The molecule has 3 heteroatoms. The highest BCUT2D eigenvalue weighted by Gasteiger charge is 2.23. The summed E-state index contributed by atoms with van der Waals surface area (Å²) in [6.45, 7) is 7.46. The van der Waals surface area contributed by atoms with Crippen LogP contribution in [0.2, 0.25) is 0 Å². The molecule has 0 saturated heterocycles. The van der Waals surface area contributed by atoms with Crippen LogP contribution in [0.5, 0.6) is 5.75 Å². The van der Waals surface area contributed by atoms with Crippen molar-refractivity contribution < 1.29 is 5.11 Å². The summed E-state index contributed by atoms with van der Waals surface area (Å²) < 4.78 is 0. The summed E-state index contributed by atoms with van der Waals surface area (Å²) in [6, 6.07) is 6.19. The number of hydrogen-bond acceptors (Lipinski definition) is 3. The molecule has 1 aromatic carbocycles. The minimum absolute atomic E-state index is 0.418. The molecule has 16 heavy (non-hydrogen) atoms. The van der Waals surface area contributed by atoms with Gasteiger partial charge in [0.15, 0.2) is 0 Å². The number of fused-ring (bicyclic) bond motifs is 1. The first kappa shape index (κ1) is 11.3. The first-order valence-corrected chi connectivity index (χ1v) is 6.05. The maximum absolute atomic E-state index is 9.84. The second-order valence-electron chi connectivity index (χ2n) is 4.26. The molecule has 0 aromatic heterocycles. The van der Waals surface area contributed by atoms with E-state index in [-0.39, 0.29) is 0 Å². The molecule has 0 radical (unpaired) electrons. The smallest absolute Gasteiger partial charge is 0.120 e. The van der Waals surface area contributed by atoms with Crippen LogP contribution in [0.4, 0.5) is 5.69 Å². The molecule has 0 spiro atoms. The predicted octanol–water partition coefficient (Wildman–Crippen LogP) is 2.07. The normalized spacial score (nSPS) is 19.3. The lowest BCUT2D eigenvalue weighted by Crippen LogP contribution is -2.43. The van der Waals surface area contributed by atoms with Crippen LogP contribution >= 0.6 is 0 Å². The Balaban J connectivity index is 2.19. The van der Waals surface area contributed by atoms with Gasteiger partial charge in [-0.05, 0) is 31.6 Å². The Labute approximate surface area is 97.1 Å². The van der Waals surface area contributed by atoms with E-state index in [1.54, 1.807) is 6.07 Å². The second-order valence-corrected chi connectivity index (χ2v) is 4.26. The molecule has 2 rings (SSSR count). The zero-order valence-electron chi connectivity index (χ0n) is 10.0. The number of phenolic OH excluding ortho intramolecular Hbond substituents is 1. The number of anilines is 1. The van der Waals surface area contributed by atoms with E-state index in [1.165, 1.54) is 0 Å². The predicted molar refractivity (Wildman–Crippen MR) is 67.0 cm³/mol. The summed E-state index contributed by atoms with van der Waals surface area (Å²) in [6.07, 6.45) is 0.941. The SMILES string of the molecule is CCN(CC)C1CNc2cccc(O)c2C1. The molecule has 1 aliphatic rings. The van der Waals surface area contributed by atoms with E-state index < -0.39 is 0 Å². The first-order chi connectivity index (χ1) is 7.76. The van der Waals surface area contributed by atoms with Gasteiger partial charge in [-0.3, -0.25) is 4.90 Å². The molecule has 2 N–H and O–H groups in total. The van der Waals surface area contributed by atoms with Crippen molar-refractivity contribution in [2.24, 2.45) is 0 Å². The molecule has 0 fully saturated rings. The fourth-order valence-corrected chi connectivity index (χ4v) is 2.49. The van der Waals surface area contributed by atoms with Crippen molar-refractivity contribution in [3.8, 4) is 5.75 Å². The summed E-state index contributed by atoms with van der Waals surface area (Å²) in [5, 5.41) is 13.2. The maximum atomic E-state index is 9.84. The van der Waals surface area contributed by atoms with Crippen LogP contribution in [-0.2, 0) is 6.42 Å². The average molecular weight is 220 g/mol. The van der Waals surface area contributed by atoms with E-state index in [0.29, 0.717) is 11.8 Å². The van der Waals surface area contributed by atoms with Crippen molar-refractivity contribution >= 4 is 5.69 Å². The largest absolute Gasteiger partial charge is 0.508 e. The fraction of sp³-hybridized carbons (Fsp3) is 0.538. The van der Waals surface area contributed by atoms with Crippen molar-refractivity contribution in [3.63, 3.8) is 0 Å². The Morgan fingerprint density at radius 1 is 1.38 bits per heavy atom. The summed E-state index contributed by atoms with van der Waals surface area (Å²) in [5.41, 5.74) is 2.15. The van der Waals surface area contributed by atoms with Crippen LogP contribution in [0.3, 0.4) is 0 Å². The van der Waals surface area contributed by atoms with Gasteiger partial charge in [0, 0.05) is 23.8 Å². The molecule has 88 valence electrons. The fourth-order valence-electron chi connectivity index (χ4n) is 2.49. The molecule has 0 bridgehead atoms. The molecule has 0 amide bonds. The average Bonchev–Trinajstić information content (AvgIpc) is 2.32. The van der Waals surface area contributed by atoms with Gasteiger partial charge in [0.25, 0.3) is 0 Å². The lowest BCUT2D eigenvalue weighted by atomic mass is 9.97. The third kappa shape index (κ3) is 2.00. The van der Waals surface area contributed by atoms with Gasteiger partial charge in [0.2, 0.25) is 0 Å². The molecule has 1 aliphatic heterocycles. The van der Waals surface area contributed by atoms with Gasteiger partial charge in [0.05, 0.1) is 0 Å². The third-order valence-corrected chi connectivity index (χ3v) is 3.45. The van der Waals surface area contributed by atoms with Crippen LogP contribution in [-0.4, -0.2) is 35.7 Å². The zero-order chi connectivity index (χ0) is 11.5. The van der Waals surface area contributed by atoms with Gasteiger partial charge in [-0.1, -0.05) is 19.9 Å².